The quantitative estimate of drug-likeness (QED) is 0.680. The molecule has 1 aliphatic heterocycles. The number of hydrogen-bond acceptors (Lipinski definition) is 5. The van der Waals surface area contributed by atoms with Gasteiger partial charge in [-0.05, 0) is 18.2 Å². The first-order chi connectivity index (χ1) is 14.0. The fourth-order valence-corrected chi connectivity index (χ4v) is 3.45. The van der Waals surface area contributed by atoms with Crippen LogP contribution in [0.3, 0.4) is 0 Å². The van der Waals surface area contributed by atoms with Gasteiger partial charge in [-0.3, -0.25) is 9.59 Å². The van der Waals surface area contributed by atoms with Crippen LogP contribution in [0.4, 0.5) is 5.82 Å². The molecule has 7 nitrogen and oxygen atoms in total. The first kappa shape index (κ1) is 20.8. The van der Waals surface area contributed by atoms with Crippen molar-refractivity contribution < 1.29 is 9.59 Å². The van der Waals surface area contributed by atoms with Crippen molar-refractivity contribution >= 4 is 29.2 Å². The van der Waals surface area contributed by atoms with Gasteiger partial charge in [0, 0.05) is 45.2 Å². The normalized spacial score (nSPS) is 13.9. The van der Waals surface area contributed by atoms with Gasteiger partial charge < -0.3 is 14.7 Å². The van der Waals surface area contributed by atoms with Crippen LogP contribution < -0.4 is 4.90 Å². The maximum absolute atomic E-state index is 12.5. The van der Waals surface area contributed by atoms with Crippen molar-refractivity contribution in [2.45, 2.75) is 6.92 Å². The first-order valence-corrected chi connectivity index (χ1v) is 9.85. The van der Waals surface area contributed by atoms with Crippen molar-refractivity contribution in [2.75, 3.05) is 44.2 Å². The lowest BCUT2D eigenvalue weighted by molar-refractivity contribution is -0.139. The zero-order valence-electron chi connectivity index (χ0n) is 16.4. The van der Waals surface area contributed by atoms with E-state index in [0.29, 0.717) is 37.7 Å². The van der Waals surface area contributed by atoms with E-state index in [1.54, 1.807) is 11.0 Å². The summed E-state index contributed by atoms with van der Waals surface area (Å²) in [5, 5.41) is 9.28. The Labute approximate surface area is 175 Å². The Morgan fingerprint density at radius 2 is 1.86 bits per heavy atom. The van der Waals surface area contributed by atoms with Crippen molar-refractivity contribution in [3.05, 3.63) is 54.1 Å². The molecule has 1 aliphatic rings. The van der Waals surface area contributed by atoms with Crippen LogP contribution >= 0.6 is 11.6 Å². The van der Waals surface area contributed by atoms with Crippen LogP contribution in [0.5, 0.6) is 0 Å². The highest BCUT2D eigenvalue weighted by molar-refractivity contribution is 6.33. The van der Waals surface area contributed by atoms with Gasteiger partial charge in [0.1, 0.15) is 6.54 Å². The second-order valence-electron chi connectivity index (χ2n) is 6.81. The van der Waals surface area contributed by atoms with Crippen molar-refractivity contribution in [3.63, 3.8) is 0 Å². The molecule has 8 heteroatoms. The van der Waals surface area contributed by atoms with E-state index in [0.717, 1.165) is 17.1 Å². The number of amides is 2. The van der Waals surface area contributed by atoms with E-state index in [1.165, 1.54) is 11.8 Å². The number of piperazine rings is 1. The topological polar surface area (TPSA) is 69.6 Å². The average Bonchev–Trinajstić information content (AvgIpc) is 2.74. The van der Waals surface area contributed by atoms with E-state index in [9.17, 15) is 9.59 Å². The Morgan fingerprint density at radius 1 is 1.14 bits per heavy atom. The summed E-state index contributed by atoms with van der Waals surface area (Å²) in [6, 6.07) is 11.3. The zero-order valence-corrected chi connectivity index (χ0v) is 17.2. The average molecular weight is 414 g/mol. The molecule has 152 valence electrons. The zero-order chi connectivity index (χ0) is 20.8. The third kappa shape index (κ3) is 5.12. The molecular weight excluding hydrogens is 390 g/mol. The van der Waals surface area contributed by atoms with Crippen LogP contribution in [-0.4, -0.2) is 71.1 Å². The smallest absolute Gasteiger partial charge is 0.242 e. The third-order valence-electron chi connectivity index (χ3n) is 4.88. The standard InChI is InChI=1S/C21H24ClN5O2/c1-3-10-27(16(2)28)15-21(29)26-13-11-25(12-14-26)20-9-8-19(23-24-20)17-6-4-5-7-18(17)22/h3-9H,1,10-15H2,2H3. The highest BCUT2D eigenvalue weighted by Crippen LogP contribution is 2.26. The SMILES string of the molecule is C=CCN(CC(=O)N1CCN(c2ccc(-c3ccccc3Cl)nn2)CC1)C(C)=O. The number of halogens is 1. The molecule has 2 heterocycles. The van der Waals surface area contributed by atoms with Gasteiger partial charge in [-0.25, -0.2) is 0 Å². The Balaban J connectivity index is 1.58. The molecule has 0 radical (unpaired) electrons. The minimum atomic E-state index is -0.134. The van der Waals surface area contributed by atoms with Crippen LogP contribution in [0.25, 0.3) is 11.3 Å². The fourth-order valence-electron chi connectivity index (χ4n) is 3.21. The molecule has 1 aromatic heterocycles. The Hall–Kier alpha value is -2.93. The van der Waals surface area contributed by atoms with Gasteiger partial charge in [0.25, 0.3) is 0 Å². The largest absolute Gasteiger partial charge is 0.352 e. The predicted molar refractivity (Wildman–Crippen MR) is 114 cm³/mol. The van der Waals surface area contributed by atoms with Gasteiger partial charge in [-0.15, -0.1) is 16.8 Å². The number of rotatable bonds is 6. The summed E-state index contributed by atoms with van der Waals surface area (Å²) in [4.78, 5) is 29.5. The molecule has 1 fully saturated rings. The molecule has 2 amide bonds. The maximum Gasteiger partial charge on any atom is 0.242 e. The molecule has 0 bridgehead atoms. The lowest BCUT2D eigenvalue weighted by atomic mass is 10.1. The van der Waals surface area contributed by atoms with Gasteiger partial charge >= 0.3 is 0 Å². The maximum atomic E-state index is 12.5. The van der Waals surface area contributed by atoms with Crippen LogP contribution in [0.2, 0.25) is 5.02 Å². The summed E-state index contributed by atoms with van der Waals surface area (Å²) in [6.45, 7) is 8.01. The summed E-state index contributed by atoms with van der Waals surface area (Å²) in [5.74, 6) is 0.581. The highest BCUT2D eigenvalue weighted by Gasteiger charge is 2.24. The molecule has 0 unspecified atom stereocenters. The van der Waals surface area contributed by atoms with Crippen LogP contribution in [0, 0.1) is 0 Å². The summed E-state index contributed by atoms with van der Waals surface area (Å²) >= 11 is 6.22. The van der Waals surface area contributed by atoms with Crippen molar-refractivity contribution in [1.29, 1.82) is 0 Å². The van der Waals surface area contributed by atoms with E-state index in [4.69, 9.17) is 11.6 Å². The lowest BCUT2D eigenvalue weighted by Gasteiger charge is -2.36. The van der Waals surface area contributed by atoms with E-state index < -0.39 is 0 Å². The Kier molecular flexibility index (Phi) is 6.82. The number of benzene rings is 1. The van der Waals surface area contributed by atoms with Gasteiger partial charge in [0.05, 0.1) is 10.7 Å². The molecule has 0 N–H and O–H groups in total. The fraction of sp³-hybridized carbons (Fsp3) is 0.333. The minimum absolute atomic E-state index is 0.0538. The van der Waals surface area contributed by atoms with Gasteiger partial charge in [-0.2, -0.15) is 0 Å². The van der Waals surface area contributed by atoms with Crippen LogP contribution in [0.15, 0.2) is 49.1 Å². The summed E-state index contributed by atoms with van der Waals surface area (Å²) in [7, 11) is 0. The molecule has 0 atom stereocenters. The molecule has 0 saturated carbocycles. The first-order valence-electron chi connectivity index (χ1n) is 9.47. The highest BCUT2D eigenvalue weighted by atomic mass is 35.5. The van der Waals surface area contributed by atoms with E-state index >= 15 is 0 Å². The number of aromatic nitrogens is 2. The summed E-state index contributed by atoms with van der Waals surface area (Å²) in [6.07, 6.45) is 1.62. The lowest BCUT2D eigenvalue weighted by Crippen LogP contribution is -2.52. The molecule has 29 heavy (non-hydrogen) atoms. The van der Waals surface area contributed by atoms with Gasteiger partial charge in [0.2, 0.25) is 11.8 Å². The second-order valence-corrected chi connectivity index (χ2v) is 7.22. The Bertz CT molecular complexity index is 879. The van der Waals surface area contributed by atoms with Gasteiger partial charge in [-0.1, -0.05) is 35.9 Å². The van der Waals surface area contributed by atoms with Gasteiger partial charge in [0.15, 0.2) is 5.82 Å². The molecule has 1 saturated heterocycles. The molecular formula is C21H24ClN5O2. The minimum Gasteiger partial charge on any atom is -0.352 e. The number of anilines is 1. The molecule has 1 aromatic carbocycles. The van der Waals surface area contributed by atoms with Crippen molar-refractivity contribution in [1.82, 2.24) is 20.0 Å². The van der Waals surface area contributed by atoms with Crippen LogP contribution in [0.1, 0.15) is 6.92 Å². The number of carbonyl (C=O) groups is 2. The second kappa shape index (κ2) is 9.52. The van der Waals surface area contributed by atoms with E-state index in [2.05, 4.69) is 21.7 Å². The summed E-state index contributed by atoms with van der Waals surface area (Å²) < 4.78 is 0. The molecule has 0 aliphatic carbocycles. The van der Waals surface area contributed by atoms with Crippen molar-refractivity contribution in [2.24, 2.45) is 0 Å². The third-order valence-corrected chi connectivity index (χ3v) is 5.21. The van der Waals surface area contributed by atoms with Crippen LogP contribution in [-0.2, 0) is 9.59 Å². The molecule has 2 aromatic rings. The monoisotopic (exact) mass is 413 g/mol. The van der Waals surface area contributed by atoms with Crippen molar-refractivity contribution in [3.8, 4) is 11.3 Å². The Morgan fingerprint density at radius 3 is 2.45 bits per heavy atom. The summed E-state index contributed by atoms with van der Waals surface area (Å²) in [5.41, 5.74) is 1.57. The number of carbonyl (C=O) groups excluding carboxylic acids is 2. The number of nitrogens with zero attached hydrogens (tertiary/aromatic N) is 5. The molecule has 0 spiro atoms. The predicted octanol–water partition coefficient (Wildman–Crippen LogP) is 2.48. The number of hydrogen-bond donors (Lipinski definition) is 0. The van der Waals surface area contributed by atoms with E-state index in [-0.39, 0.29) is 18.4 Å². The molecule has 3 rings (SSSR count). The van der Waals surface area contributed by atoms with E-state index in [1.807, 2.05) is 36.4 Å².